The number of benzene rings is 2. The number of hydrogen-bond acceptors (Lipinski definition) is 3. The predicted molar refractivity (Wildman–Crippen MR) is 106 cm³/mol. The number of carbonyl (C=O) groups excluding carboxylic acids is 2. The molecule has 0 spiro atoms. The van der Waals surface area contributed by atoms with Crippen molar-refractivity contribution in [2.24, 2.45) is 0 Å². The minimum atomic E-state index is -0.458. The Morgan fingerprint density at radius 1 is 1.07 bits per heavy atom. The number of hydrogen-bond donors (Lipinski definition) is 3. The van der Waals surface area contributed by atoms with E-state index in [1.807, 2.05) is 6.07 Å². The Morgan fingerprint density at radius 2 is 1.70 bits per heavy atom. The molecule has 0 saturated heterocycles. The molecule has 0 fully saturated rings. The van der Waals surface area contributed by atoms with Crippen molar-refractivity contribution in [1.29, 1.82) is 5.26 Å². The summed E-state index contributed by atoms with van der Waals surface area (Å²) >= 11 is 11.8. The maximum absolute atomic E-state index is 12.4. The summed E-state index contributed by atoms with van der Waals surface area (Å²) in [5, 5.41) is 15.1. The molecule has 27 heavy (non-hydrogen) atoms. The predicted octanol–water partition coefficient (Wildman–Crippen LogP) is 2.35. The lowest BCUT2D eigenvalue weighted by molar-refractivity contribution is -0.885. The molecule has 0 radical (unpaired) electrons. The molecular weight excluding hydrogens is 387 g/mol. The highest BCUT2D eigenvalue weighted by Gasteiger charge is 2.24. The van der Waals surface area contributed by atoms with E-state index in [2.05, 4.69) is 10.6 Å². The van der Waals surface area contributed by atoms with Crippen molar-refractivity contribution >= 4 is 46.4 Å². The minimum Gasteiger partial charge on any atom is -0.321 e. The van der Waals surface area contributed by atoms with Crippen LogP contribution in [-0.4, -0.2) is 31.4 Å². The fourth-order valence-electron chi connectivity index (χ4n) is 2.29. The van der Waals surface area contributed by atoms with Crippen molar-refractivity contribution in [3.63, 3.8) is 0 Å². The van der Waals surface area contributed by atoms with Crippen molar-refractivity contribution in [3.05, 3.63) is 58.1 Å². The van der Waals surface area contributed by atoms with Gasteiger partial charge in [0.2, 0.25) is 0 Å². The third-order valence-electron chi connectivity index (χ3n) is 4.06. The molecule has 2 aromatic carbocycles. The van der Waals surface area contributed by atoms with Crippen LogP contribution in [0.4, 0.5) is 11.4 Å². The van der Waals surface area contributed by atoms with Gasteiger partial charge >= 0.3 is 0 Å². The number of halogens is 2. The summed E-state index contributed by atoms with van der Waals surface area (Å²) in [6.07, 6.45) is 0. The highest BCUT2D eigenvalue weighted by atomic mass is 35.5. The number of rotatable bonds is 6. The SMILES string of the molecule is C[C@H](C(=O)Nc1ccc(C#N)cc1)[NH+](C)CC(=O)Nc1ccc(Cl)c(Cl)c1. The summed E-state index contributed by atoms with van der Waals surface area (Å²) in [6, 6.07) is 13.0. The molecule has 2 aromatic rings. The Balaban J connectivity index is 1.90. The van der Waals surface area contributed by atoms with E-state index in [1.54, 1.807) is 56.4 Å². The number of likely N-dealkylation sites (N-methyl/N-ethyl adjacent to an activating group) is 1. The third-order valence-corrected chi connectivity index (χ3v) is 4.80. The first kappa shape index (κ1) is 20.7. The fourth-order valence-corrected chi connectivity index (χ4v) is 2.59. The lowest BCUT2D eigenvalue weighted by Gasteiger charge is -2.20. The average molecular weight is 406 g/mol. The fraction of sp³-hybridized carbons (Fsp3) is 0.211. The maximum Gasteiger partial charge on any atom is 0.282 e. The molecule has 1 unspecified atom stereocenters. The van der Waals surface area contributed by atoms with Gasteiger partial charge in [-0.1, -0.05) is 23.2 Å². The van der Waals surface area contributed by atoms with E-state index in [0.717, 1.165) is 4.90 Å². The van der Waals surface area contributed by atoms with E-state index in [-0.39, 0.29) is 18.4 Å². The molecular formula is C19H19Cl2N4O2+. The van der Waals surface area contributed by atoms with Crippen molar-refractivity contribution in [3.8, 4) is 6.07 Å². The first-order valence-electron chi connectivity index (χ1n) is 8.18. The molecule has 0 aliphatic heterocycles. The van der Waals surface area contributed by atoms with Crippen LogP contribution >= 0.6 is 23.2 Å². The lowest BCUT2D eigenvalue weighted by atomic mass is 10.2. The quantitative estimate of drug-likeness (QED) is 0.689. The van der Waals surface area contributed by atoms with Gasteiger partial charge in [0.1, 0.15) is 0 Å². The van der Waals surface area contributed by atoms with E-state index in [4.69, 9.17) is 28.5 Å². The second kappa shape index (κ2) is 9.38. The first-order valence-corrected chi connectivity index (χ1v) is 8.94. The van der Waals surface area contributed by atoms with Gasteiger partial charge in [-0.15, -0.1) is 0 Å². The largest absolute Gasteiger partial charge is 0.321 e. The van der Waals surface area contributed by atoms with Gasteiger partial charge in [0.25, 0.3) is 11.8 Å². The Labute approximate surface area is 167 Å². The zero-order valence-electron chi connectivity index (χ0n) is 14.8. The van der Waals surface area contributed by atoms with Gasteiger partial charge in [0.05, 0.1) is 28.7 Å². The van der Waals surface area contributed by atoms with Crippen molar-refractivity contribution in [1.82, 2.24) is 0 Å². The Hall–Kier alpha value is -2.59. The third kappa shape index (κ3) is 5.97. The second-order valence-electron chi connectivity index (χ2n) is 6.10. The van der Waals surface area contributed by atoms with Gasteiger partial charge in [-0.2, -0.15) is 5.26 Å². The Bertz CT molecular complexity index is 878. The maximum atomic E-state index is 12.4. The zero-order valence-corrected chi connectivity index (χ0v) is 16.4. The summed E-state index contributed by atoms with van der Waals surface area (Å²) in [6.45, 7) is 1.84. The monoisotopic (exact) mass is 405 g/mol. The number of anilines is 2. The summed E-state index contributed by atoms with van der Waals surface area (Å²) in [5.74, 6) is -0.469. The van der Waals surface area contributed by atoms with Crippen LogP contribution in [0.1, 0.15) is 12.5 Å². The molecule has 8 heteroatoms. The van der Waals surface area contributed by atoms with Crippen LogP contribution < -0.4 is 15.5 Å². The van der Waals surface area contributed by atoms with Gasteiger partial charge in [-0.25, -0.2) is 0 Å². The molecule has 2 atom stereocenters. The number of nitrogens with zero attached hydrogens (tertiary/aromatic N) is 1. The van der Waals surface area contributed by atoms with Crippen LogP contribution in [0.15, 0.2) is 42.5 Å². The minimum absolute atomic E-state index is 0.0994. The zero-order chi connectivity index (χ0) is 20.0. The highest BCUT2D eigenvalue weighted by molar-refractivity contribution is 6.42. The molecule has 0 saturated carbocycles. The highest BCUT2D eigenvalue weighted by Crippen LogP contribution is 2.24. The molecule has 0 heterocycles. The summed E-state index contributed by atoms with van der Waals surface area (Å²) < 4.78 is 0. The van der Waals surface area contributed by atoms with E-state index < -0.39 is 6.04 Å². The molecule has 0 bridgehead atoms. The van der Waals surface area contributed by atoms with E-state index in [9.17, 15) is 9.59 Å². The second-order valence-corrected chi connectivity index (χ2v) is 6.91. The van der Waals surface area contributed by atoms with Gasteiger partial charge in [0, 0.05) is 11.4 Å². The molecule has 0 aromatic heterocycles. The number of nitrogens with one attached hydrogen (secondary N) is 3. The number of amides is 2. The van der Waals surface area contributed by atoms with Crippen LogP contribution in [0.25, 0.3) is 0 Å². The standard InChI is InChI=1S/C19H18Cl2N4O2/c1-12(19(27)24-14-5-3-13(10-22)4-6-14)25(2)11-18(26)23-15-7-8-16(20)17(21)9-15/h3-9,12H,11H2,1-2H3,(H,23,26)(H,24,27)/p+1/t12-/m1/s1. The average Bonchev–Trinajstić information content (AvgIpc) is 2.64. The smallest absolute Gasteiger partial charge is 0.282 e. The van der Waals surface area contributed by atoms with Gasteiger partial charge in [-0.3, -0.25) is 9.59 Å². The molecule has 3 N–H and O–H groups in total. The first-order chi connectivity index (χ1) is 12.8. The topological polar surface area (TPSA) is 86.4 Å². The summed E-state index contributed by atoms with van der Waals surface area (Å²) in [7, 11) is 1.76. The molecule has 0 aliphatic rings. The van der Waals surface area contributed by atoms with Gasteiger partial charge in [0.15, 0.2) is 12.6 Å². The number of nitriles is 1. The van der Waals surface area contributed by atoms with Crippen LogP contribution in [0.5, 0.6) is 0 Å². The van der Waals surface area contributed by atoms with E-state index in [1.165, 1.54) is 0 Å². The Morgan fingerprint density at radius 3 is 2.30 bits per heavy atom. The summed E-state index contributed by atoms with van der Waals surface area (Å²) in [4.78, 5) is 25.3. The van der Waals surface area contributed by atoms with Crippen LogP contribution in [-0.2, 0) is 9.59 Å². The van der Waals surface area contributed by atoms with Crippen molar-refractivity contribution in [2.45, 2.75) is 13.0 Å². The van der Waals surface area contributed by atoms with Crippen molar-refractivity contribution in [2.75, 3.05) is 24.2 Å². The Kier molecular flexibility index (Phi) is 7.19. The molecule has 140 valence electrons. The number of carbonyl (C=O) groups is 2. The van der Waals surface area contributed by atoms with Gasteiger partial charge < -0.3 is 15.5 Å². The molecule has 6 nitrogen and oxygen atoms in total. The van der Waals surface area contributed by atoms with E-state index in [0.29, 0.717) is 27.0 Å². The van der Waals surface area contributed by atoms with Crippen LogP contribution in [0.3, 0.4) is 0 Å². The molecule has 0 aliphatic carbocycles. The summed E-state index contributed by atoms with van der Waals surface area (Å²) in [5.41, 5.74) is 1.65. The van der Waals surface area contributed by atoms with Gasteiger partial charge in [-0.05, 0) is 49.4 Å². The number of quaternary nitrogens is 1. The van der Waals surface area contributed by atoms with Crippen LogP contribution in [0.2, 0.25) is 10.0 Å². The van der Waals surface area contributed by atoms with Crippen LogP contribution in [0, 0.1) is 11.3 Å². The van der Waals surface area contributed by atoms with E-state index >= 15 is 0 Å². The lowest BCUT2D eigenvalue weighted by Crippen LogP contribution is -3.14. The normalized spacial score (nSPS) is 12.6. The molecule has 2 amide bonds. The van der Waals surface area contributed by atoms with Crippen molar-refractivity contribution < 1.29 is 14.5 Å². The molecule has 2 rings (SSSR count).